The second kappa shape index (κ2) is 5.90. The molecule has 1 N–H and O–H groups in total. The van der Waals surface area contributed by atoms with Gasteiger partial charge in [-0.25, -0.2) is 23.1 Å². The molecular formula is C13H19N5O2S. The SMILES string of the molecule is CCn1nc(C)c(S(=O)(=O)NCc2cc(C)ncn2)c1C. The van der Waals surface area contributed by atoms with Gasteiger partial charge in [0.25, 0.3) is 0 Å². The van der Waals surface area contributed by atoms with E-state index in [-0.39, 0.29) is 11.4 Å². The van der Waals surface area contributed by atoms with E-state index >= 15 is 0 Å². The molecule has 0 bridgehead atoms. The summed E-state index contributed by atoms with van der Waals surface area (Å²) in [5, 5.41) is 4.24. The summed E-state index contributed by atoms with van der Waals surface area (Å²) >= 11 is 0. The van der Waals surface area contributed by atoms with Crippen LogP contribution in [0.25, 0.3) is 0 Å². The van der Waals surface area contributed by atoms with E-state index in [0.717, 1.165) is 5.69 Å². The summed E-state index contributed by atoms with van der Waals surface area (Å²) in [4.78, 5) is 8.27. The fraction of sp³-hybridized carbons (Fsp3) is 0.462. The normalized spacial score (nSPS) is 11.8. The van der Waals surface area contributed by atoms with E-state index in [1.54, 1.807) is 24.6 Å². The predicted molar refractivity (Wildman–Crippen MR) is 78.2 cm³/mol. The average molecular weight is 309 g/mol. The van der Waals surface area contributed by atoms with Gasteiger partial charge in [0.1, 0.15) is 11.2 Å². The number of sulfonamides is 1. The molecule has 2 rings (SSSR count). The Kier molecular flexibility index (Phi) is 4.38. The minimum Gasteiger partial charge on any atom is -0.268 e. The van der Waals surface area contributed by atoms with Gasteiger partial charge < -0.3 is 0 Å². The van der Waals surface area contributed by atoms with Gasteiger partial charge in [-0.1, -0.05) is 0 Å². The molecule has 0 aliphatic heterocycles. The van der Waals surface area contributed by atoms with Crippen LogP contribution in [0.2, 0.25) is 0 Å². The van der Waals surface area contributed by atoms with Gasteiger partial charge in [0.05, 0.1) is 23.6 Å². The molecule has 2 aromatic rings. The molecule has 2 aromatic heterocycles. The van der Waals surface area contributed by atoms with E-state index in [4.69, 9.17) is 0 Å². The molecule has 0 radical (unpaired) electrons. The molecule has 0 unspecified atom stereocenters. The highest BCUT2D eigenvalue weighted by atomic mass is 32.2. The zero-order valence-corrected chi connectivity index (χ0v) is 13.4. The Bertz CT molecular complexity index is 752. The number of rotatable bonds is 5. The minimum absolute atomic E-state index is 0.127. The molecule has 2 heterocycles. The molecule has 0 aliphatic carbocycles. The molecule has 0 amide bonds. The predicted octanol–water partition coefficient (Wildman–Crippen LogP) is 1.10. The fourth-order valence-corrected chi connectivity index (χ4v) is 3.63. The number of aryl methyl sites for hydroxylation is 3. The van der Waals surface area contributed by atoms with E-state index < -0.39 is 10.0 Å². The van der Waals surface area contributed by atoms with Gasteiger partial charge in [-0.3, -0.25) is 4.68 Å². The van der Waals surface area contributed by atoms with Gasteiger partial charge in [-0.2, -0.15) is 5.10 Å². The van der Waals surface area contributed by atoms with Crippen LogP contribution in [-0.2, 0) is 23.1 Å². The van der Waals surface area contributed by atoms with Crippen LogP contribution in [0.15, 0.2) is 17.3 Å². The Balaban J connectivity index is 2.25. The smallest absolute Gasteiger partial charge is 0.244 e. The second-order valence-electron chi connectivity index (χ2n) is 4.79. The van der Waals surface area contributed by atoms with Crippen LogP contribution in [0, 0.1) is 20.8 Å². The molecule has 0 fully saturated rings. The Hall–Kier alpha value is -1.80. The van der Waals surface area contributed by atoms with Crippen molar-refractivity contribution in [1.29, 1.82) is 0 Å². The molecule has 0 aliphatic rings. The first-order valence-corrected chi connectivity index (χ1v) is 8.14. The molecule has 0 saturated carbocycles. The largest absolute Gasteiger partial charge is 0.268 e. The maximum Gasteiger partial charge on any atom is 0.244 e. The third-order valence-corrected chi connectivity index (χ3v) is 4.84. The van der Waals surface area contributed by atoms with Crippen molar-refractivity contribution in [3.05, 3.63) is 35.2 Å². The molecule has 21 heavy (non-hydrogen) atoms. The lowest BCUT2D eigenvalue weighted by molar-refractivity contribution is 0.578. The van der Waals surface area contributed by atoms with Crippen molar-refractivity contribution < 1.29 is 8.42 Å². The number of hydrogen-bond acceptors (Lipinski definition) is 5. The first-order valence-electron chi connectivity index (χ1n) is 6.66. The van der Waals surface area contributed by atoms with Crippen molar-refractivity contribution in [2.75, 3.05) is 0 Å². The Morgan fingerprint density at radius 2 is 1.95 bits per heavy atom. The first kappa shape index (κ1) is 15.6. The summed E-state index contributed by atoms with van der Waals surface area (Å²) < 4.78 is 29.2. The molecular weight excluding hydrogens is 290 g/mol. The lowest BCUT2D eigenvalue weighted by atomic mass is 10.3. The maximum absolute atomic E-state index is 12.5. The van der Waals surface area contributed by atoms with Crippen molar-refractivity contribution in [3.63, 3.8) is 0 Å². The van der Waals surface area contributed by atoms with Crippen LogP contribution >= 0.6 is 0 Å². The molecule has 0 atom stereocenters. The summed E-state index contributed by atoms with van der Waals surface area (Å²) in [6.45, 7) is 7.97. The molecule has 0 spiro atoms. The molecule has 0 saturated heterocycles. The lowest BCUT2D eigenvalue weighted by Gasteiger charge is -2.07. The summed E-state index contributed by atoms with van der Waals surface area (Å²) in [5.74, 6) is 0. The van der Waals surface area contributed by atoms with Crippen molar-refractivity contribution in [2.45, 2.75) is 45.7 Å². The highest BCUT2D eigenvalue weighted by molar-refractivity contribution is 7.89. The minimum atomic E-state index is -3.62. The highest BCUT2D eigenvalue weighted by Crippen LogP contribution is 2.19. The van der Waals surface area contributed by atoms with Gasteiger partial charge in [-0.15, -0.1) is 0 Å². The van der Waals surface area contributed by atoms with Gasteiger partial charge in [-0.05, 0) is 33.8 Å². The average Bonchev–Trinajstić information content (AvgIpc) is 2.72. The Morgan fingerprint density at radius 3 is 2.52 bits per heavy atom. The summed E-state index contributed by atoms with van der Waals surface area (Å²) in [6, 6.07) is 1.75. The fourth-order valence-electron chi connectivity index (χ4n) is 2.22. The van der Waals surface area contributed by atoms with Crippen molar-refractivity contribution in [1.82, 2.24) is 24.5 Å². The lowest BCUT2D eigenvalue weighted by Crippen LogP contribution is -2.25. The van der Waals surface area contributed by atoms with Crippen molar-refractivity contribution in [2.24, 2.45) is 0 Å². The Morgan fingerprint density at radius 1 is 1.24 bits per heavy atom. The van der Waals surface area contributed by atoms with E-state index in [2.05, 4.69) is 19.8 Å². The first-order chi connectivity index (χ1) is 9.85. The maximum atomic E-state index is 12.5. The second-order valence-corrected chi connectivity index (χ2v) is 6.49. The highest BCUT2D eigenvalue weighted by Gasteiger charge is 2.24. The Labute approximate surface area is 124 Å². The standard InChI is InChI=1S/C13H19N5O2S/c1-5-18-11(4)13(10(3)17-18)21(19,20)16-7-12-6-9(2)14-8-15-12/h6,8,16H,5,7H2,1-4H3. The van der Waals surface area contributed by atoms with Crippen LogP contribution in [0.3, 0.4) is 0 Å². The van der Waals surface area contributed by atoms with Gasteiger partial charge in [0.15, 0.2) is 0 Å². The third-order valence-electron chi connectivity index (χ3n) is 3.19. The summed E-state index contributed by atoms with van der Waals surface area (Å²) in [7, 11) is -3.62. The van der Waals surface area contributed by atoms with Gasteiger partial charge in [0.2, 0.25) is 10.0 Å². The van der Waals surface area contributed by atoms with Gasteiger partial charge >= 0.3 is 0 Å². The van der Waals surface area contributed by atoms with Crippen LogP contribution in [-0.4, -0.2) is 28.2 Å². The number of hydrogen-bond donors (Lipinski definition) is 1. The van der Waals surface area contributed by atoms with E-state index in [1.807, 2.05) is 13.8 Å². The molecule has 114 valence electrons. The van der Waals surface area contributed by atoms with E-state index in [1.165, 1.54) is 6.33 Å². The van der Waals surface area contributed by atoms with Crippen molar-refractivity contribution >= 4 is 10.0 Å². The topological polar surface area (TPSA) is 89.8 Å². The number of aromatic nitrogens is 4. The number of nitrogens with one attached hydrogen (secondary N) is 1. The number of nitrogens with zero attached hydrogens (tertiary/aromatic N) is 4. The van der Waals surface area contributed by atoms with Crippen LogP contribution in [0.5, 0.6) is 0 Å². The molecule has 7 nitrogen and oxygen atoms in total. The van der Waals surface area contributed by atoms with Crippen molar-refractivity contribution in [3.8, 4) is 0 Å². The molecule has 8 heteroatoms. The zero-order valence-electron chi connectivity index (χ0n) is 12.6. The third kappa shape index (κ3) is 3.27. The van der Waals surface area contributed by atoms with E-state index in [9.17, 15) is 8.42 Å². The van der Waals surface area contributed by atoms with Gasteiger partial charge in [0, 0.05) is 12.2 Å². The van der Waals surface area contributed by atoms with E-state index in [0.29, 0.717) is 23.6 Å². The van der Waals surface area contributed by atoms with Crippen LogP contribution < -0.4 is 4.72 Å². The quantitative estimate of drug-likeness (QED) is 0.893. The summed E-state index contributed by atoms with van der Waals surface area (Å²) in [5.41, 5.74) is 2.57. The molecule has 0 aromatic carbocycles. The van der Waals surface area contributed by atoms with Crippen LogP contribution in [0.4, 0.5) is 0 Å². The van der Waals surface area contributed by atoms with Crippen LogP contribution in [0.1, 0.15) is 29.7 Å². The zero-order chi connectivity index (χ0) is 15.6. The monoisotopic (exact) mass is 309 g/mol. The summed E-state index contributed by atoms with van der Waals surface area (Å²) in [6.07, 6.45) is 1.42.